The first-order chi connectivity index (χ1) is 17.3. The van der Waals surface area contributed by atoms with Crippen LogP contribution in [0.4, 0.5) is 0 Å². The molecule has 3 atom stereocenters. The highest BCUT2D eigenvalue weighted by molar-refractivity contribution is 5.93. The van der Waals surface area contributed by atoms with Crippen LogP contribution >= 0.6 is 0 Å². The average molecular weight is 505 g/mol. The third-order valence-corrected chi connectivity index (χ3v) is 6.42. The van der Waals surface area contributed by atoms with Crippen molar-refractivity contribution < 1.29 is 33.8 Å². The van der Waals surface area contributed by atoms with E-state index in [-0.39, 0.29) is 25.7 Å². The minimum Gasteiger partial charge on any atom is -0.480 e. The van der Waals surface area contributed by atoms with E-state index in [1.54, 1.807) is 6.92 Å². The second-order valence-electron chi connectivity index (χ2n) is 9.33. The summed E-state index contributed by atoms with van der Waals surface area (Å²) in [6.07, 6.45) is 2.31. The third-order valence-electron chi connectivity index (χ3n) is 6.42. The van der Waals surface area contributed by atoms with Crippen LogP contribution in [0.1, 0.15) is 38.2 Å². The second kappa shape index (κ2) is 13.3. The summed E-state index contributed by atoms with van der Waals surface area (Å²) in [7, 11) is 0. The molecule has 36 heavy (non-hydrogen) atoms. The molecule has 11 nitrogen and oxygen atoms in total. The Morgan fingerprint density at radius 2 is 1.86 bits per heavy atom. The van der Waals surface area contributed by atoms with Gasteiger partial charge in [0.1, 0.15) is 11.6 Å². The van der Waals surface area contributed by atoms with Gasteiger partial charge in [0, 0.05) is 26.3 Å². The van der Waals surface area contributed by atoms with E-state index < -0.39 is 35.4 Å². The molecule has 3 amide bonds. The lowest BCUT2D eigenvalue weighted by atomic mass is 10.0. The summed E-state index contributed by atoms with van der Waals surface area (Å²) in [6, 6.07) is 7.66. The Morgan fingerprint density at radius 3 is 2.58 bits per heavy atom. The van der Waals surface area contributed by atoms with E-state index in [1.165, 1.54) is 4.90 Å². The summed E-state index contributed by atoms with van der Waals surface area (Å²) in [6.45, 7) is 2.86. The highest BCUT2D eigenvalue weighted by Gasteiger charge is 2.37. The number of aliphatic carboxylic acids is 1. The number of rotatable bonds is 4. The van der Waals surface area contributed by atoms with Crippen molar-refractivity contribution in [3.8, 4) is 0 Å². The maximum atomic E-state index is 13.2. The molecule has 0 spiro atoms. The van der Waals surface area contributed by atoms with Crippen molar-refractivity contribution >= 4 is 23.7 Å². The number of carbonyl (C=O) groups excluding carboxylic acids is 3. The first-order valence-corrected chi connectivity index (χ1v) is 12.4. The molecular weight excluding hydrogens is 468 g/mol. The van der Waals surface area contributed by atoms with Gasteiger partial charge in [-0.1, -0.05) is 30.3 Å². The molecule has 2 aliphatic heterocycles. The van der Waals surface area contributed by atoms with Gasteiger partial charge in [0.25, 0.3) is 0 Å². The Bertz CT molecular complexity index is 913. The Hall–Kier alpha value is -3.02. The van der Waals surface area contributed by atoms with Crippen molar-refractivity contribution in [1.29, 1.82) is 0 Å². The topological polar surface area (TPSA) is 146 Å². The Kier molecular flexibility index (Phi) is 10.2. The van der Waals surface area contributed by atoms with E-state index in [9.17, 15) is 24.3 Å². The molecule has 1 aromatic rings. The number of amides is 3. The highest BCUT2D eigenvalue weighted by atomic mass is 16.5. The van der Waals surface area contributed by atoms with Gasteiger partial charge in [-0.05, 0) is 38.2 Å². The molecule has 0 aromatic heterocycles. The first-order valence-electron chi connectivity index (χ1n) is 12.4. The van der Waals surface area contributed by atoms with Crippen molar-refractivity contribution in [3.63, 3.8) is 0 Å². The van der Waals surface area contributed by atoms with Crippen LogP contribution in [0.5, 0.6) is 0 Å². The van der Waals surface area contributed by atoms with Crippen LogP contribution in [0.3, 0.4) is 0 Å². The van der Waals surface area contributed by atoms with Gasteiger partial charge in [0.2, 0.25) is 17.7 Å². The van der Waals surface area contributed by atoms with Crippen molar-refractivity contribution in [2.24, 2.45) is 0 Å². The molecule has 0 bridgehead atoms. The van der Waals surface area contributed by atoms with Gasteiger partial charge in [-0.15, -0.1) is 0 Å². The largest absolute Gasteiger partial charge is 0.480 e. The molecule has 0 radical (unpaired) electrons. The number of carboxylic acids is 1. The molecule has 0 unspecified atom stereocenters. The number of fused-ring (bicyclic) bond motifs is 1. The standard InChI is InChI=1S/C25H36N4O7/c1-25(27-14-18-8-3-2-4-9-18)17-36-13-6-5-12-35-16-19(23(32)33)28-22(31)20-10-7-11-29(20)21(30)15-26-24(25)34/h2-4,8-9,19-20,27H,5-7,10-17H2,1H3,(H,26,34)(H,28,31)(H,32,33)/t19-,20-,25+/m0/s1. The summed E-state index contributed by atoms with van der Waals surface area (Å²) < 4.78 is 11.3. The van der Waals surface area contributed by atoms with Crippen molar-refractivity contribution in [1.82, 2.24) is 20.9 Å². The fraction of sp³-hybridized carbons (Fsp3) is 0.600. The minimum absolute atomic E-state index is 0.0938. The van der Waals surface area contributed by atoms with E-state index in [4.69, 9.17) is 9.47 Å². The van der Waals surface area contributed by atoms with Crippen LogP contribution in [0.2, 0.25) is 0 Å². The zero-order chi connectivity index (χ0) is 26.0. The van der Waals surface area contributed by atoms with Gasteiger partial charge in [-0.25, -0.2) is 4.79 Å². The molecule has 2 aliphatic rings. The van der Waals surface area contributed by atoms with Gasteiger partial charge in [-0.3, -0.25) is 19.7 Å². The van der Waals surface area contributed by atoms with Gasteiger partial charge in [0.15, 0.2) is 6.04 Å². The zero-order valence-corrected chi connectivity index (χ0v) is 20.7. The maximum absolute atomic E-state index is 13.2. The predicted molar refractivity (Wildman–Crippen MR) is 130 cm³/mol. The smallest absolute Gasteiger partial charge is 0.328 e. The molecule has 2 saturated heterocycles. The Labute approximate surface area is 210 Å². The Morgan fingerprint density at radius 1 is 1.14 bits per heavy atom. The van der Waals surface area contributed by atoms with Crippen LogP contribution in [0.25, 0.3) is 0 Å². The van der Waals surface area contributed by atoms with Crippen LogP contribution in [-0.4, -0.2) is 90.8 Å². The van der Waals surface area contributed by atoms with Crippen LogP contribution in [-0.2, 0) is 35.2 Å². The lowest BCUT2D eigenvalue weighted by Crippen LogP contribution is -2.59. The summed E-state index contributed by atoms with van der Waals surface area (Å²) >= 11 is 0. The molecule has 3 rings (SSSR count). The number of carboxylic acid groups (broad SMARTS) is 1. The average Bonchev–Trinajstić information content (AvgIpc) is 3.37. The van der Waals surface area contributed by atoms with Gasteiger partial charge in [0.05, 0.1) is 19.8 Å². The third kappa shape index (κ3) is 7.74. The van der Waals surface area contributed by atoms with Crippen molar-refractivity contribution in [2.45, 2.75) is 56.8 Å². The minimum atomic E-state index is -1.21. The van der Waals surface area contributed by atoms with Crippen LogP contribution in [0.15, 0.2) is 30.3 Å². The molecule has 11 heteroatoms. The number of hydrogen-bond acceptors (Lipinski definition) is 7. The van der Waals surface area contributed by atoms with Crippen LogP contribution < -0.4 is 16.0 Å². The van der Waals surface area contributed by atoms with E-state index in [0.29, 0.717) is 52.0 Å². The number of ether oxygens (including phenoxy) is 2. The lowest BCUT2D eigenvalue weighted by molar-refractivity contribution is -0.145. The molecule has 0 saturated carbocycles. The molecule has 1 aromatic carbocycles. The van der Waals surface area contributed by atoms with E-state index in [1.807, 2.05) is 30.3 Å². The molecule has 0 aliphatic carbocycles. The van der Waals surface area contributed by atoms with Crippen molar-refractivity contribution in [2.75, 3.05) is 39.5 Å². The molecule has 4 N–H and O–H groups in total. The first kappa shape index (κ1) is 27.6. The monoisotopic (exact) mass is 504 g/mol. The van der Waals surface area contributed by atoms with Crippen molar-refractivity contribution in [3.05, 3.63) is 35.9 Å². The van der Waals surface area contributed by atoms with E-state index >= 15 is 0 Å². The van der Waals surface area contributed by atoms with E-state index in [2.05, 4.69) is 16.0 Å². The predicted octanol–water partition coefficient (Wildman–Crippen LogP) is 0.0385. The quantitative estimate of drug-likeness (QED) is 0.450. The lowest BCUT2D eigenvalue weighted by Gasteiger charge is -2.31. The molecule has 2 heterocycles. The summed E-state index contributed by atoms with van der Waals surface area (Å²) in [5.41, 5.74) is -0.0843. The summed E-state index contributed by atoms with van der Waals surface area (Å²) in [5.74, 6) is -2.53. The maximum Gasteiger partial charge on any atom is 0.328 e. The van der Waals surface area contributed by atoms with Gasteiger partial charge < -0.3 is 30.1 Å². The van der Waals surface area contributed by atoms with Crippen LogP contribution in [0, 0.1) is 0 Å². The molecule has 2 fully saturated rings. The number of hydrogen-bond donors (Lipinski definition) is 4. The fourth-order valence-electron chi connectivity index (χ4n) is 4.21. The molecule has 198 valence electrons. The summed E-state index contributed by atoms with van der Waals surface area (Å²) in [4.78, 5) is 51.9. The number of benzene rings is 1. The van der Waals surface area contributed by atoms with Gasteiger partial charge in [-0.2, -0.15) is 0 Å². The number of nitrogens with zero attached hydrogens (tertiary/aromatic N) is 1. The normalized spacial score (nSPS) is 27.4. The number of nitrogens with one attached hydrogen (secondary N) is 3. The fourth-order valence-corrected chi connectivity index (χ4v) is 4.21. The highest BCUT2D eigenvalue weighted by Crippen LogP contribution is 2.18. The van der Waals surface area contributed by atoms with Gasteiger partial charge >= 0.3 is 5.97 Å². The Balaban J connectivity index is 1.70. The second-order valence-corrected chi connectivity index (χ2v) is 9.33. The summed E-state index contributed by atoms with van der Waals surface area (Å²) in [5, 5.41) is 17.9. The van der Waals surface area contributed by atoms with E-state index in [0.717, 1.165) is 5.56 Å². The zero-order valence-electron chi connectivity index (χ0n) is 20.7. The number of carbonyl (C=O) groups is 4. The molecular formula is C25H36N4O7. The SMILES string of the molecule is C[C@@]1(NCc2ccccc2)COCCCCOC[C@@H](C(=O)O)NC(=O)[C@@H]2CCCN2C(=O)CNC1=O.